The Morgan fingerprint density at radius 2 is 1.76 bits per heavy atom. The van der Waals surface area contributed by atoms with Gasteiger partial charge in [-0.1, -0.05) is 30.3 Å². The highest BCUT2D eigenvalue weighted by molar-refractivity contribution is 7.25. The molecule has 3 heterocycles. The zero-order valence-corrected chi connectivity index (χ0v) is 16.9. The summed E-state index contributed by atoms with van der Waals surface area (Å²) >= 11 is 1.72. The van der Waals surface area contributed by atoms with Crippen LogP contribution in [-0.2, 0) is 6.54 Å². The number of fused-ring (bicyclic) bond motifs is 3. The first-order valence-corrected chi connectivity index (χ1v) is 10.7. The van der Waals surface area contributed by atoms with Gasteiger partial charge in [0.1, 0.15) is 10.6 Å². The third kappa shape index (κ3) is 3.50. The number of nitrogens with zero attached hydrogens (tertiary/aromatic N) is 4. The van der Waals surface area contributed by atoms with E-state index in [0.717, 1.165) is 54.6 Å². The first-order chi connectivity index (χ1) is 14.2. The molecule has 29 heavy (non-hydrogen) atoms. The van der Waals surface area contributed by atoms with Crippen LogP contribution in [0.1, 0.15) is 5.56 Å². The number of benzene rings is 2. The Kier molecular flexibility index (Phi) is 4.95. The largest absolute Gasteiger partial charge is 0.395 e. The van der Waals surface area contributed by atoms with Crippen LogP contribution in [0, 0.1) is 5.82 Å². The molecule has 150 valence electrons. The topological polar surface area (TPSA) is 44.5 Å². The molecule has 1 saturated heterocycles. The molecule has 0 amide bonds. The van der Waals surface area contributed by atoms with Crippen LogP contribution in [0.15, 0.2) is 48.5 Å². The summed E-state index contributed by atoms with van der Waals surface area (Å²) < 4.78 is 16.9. The van der Waals surface area contributed by atoms with Crippen molar-refractivity contribution in [3.8, 4) is 0 Å². The molecule has 2 aromatic carbocycles. The number of anilines is 1. The second kappa shape index (κ2) is 7.74. The van der Waals surface area contributed by atoms with Gasteiger partial charge >= 0.3 is 0 Å². The van der Waals surface area contributed by atoms with E-state index in [-0.39, 0.29) is 12.4 Å². The number of aliphatic hydroxyl groups is 1. The quantitative estimate of drug-likeness (QED) is 0.547. The Labute approximate surface area is 172 Å². The van der Waals surface area contributed by atoms with Crippen molar-refractivity contribution in [2.75, 3.05) is 44.2 Å². The normalized spacial score (nSPS) is 15.6. The van der Waals surface area contributed by atoms with E-state index in [1.54, 1.807) is 11.3 Å². The molecular weight excluding hydrogens is 387 g/mol. The molecule has 2 aromatic heterocycles. The second-order valence-corrected chi connectivity index (χ2v) is 8.46. The second-order valence-electron chi connectivity index (χ2n) is 7.43. The molecule has 0 spiro atoms. The lowest BCUT2D eigenvalue weighted by Crippen LogP contribution is -2.48. The van der Waals surface area contributed by atoms with E-state index in [0.29, 0.717) is 6.54 Å². The minimum atomic E-state index is -0.217. The Morgan fingerprint density at radius 3 is 2.52 bits per heavy atom. The molecular formula is C22H23FN4OS. The van der Waals surface area contributed by atoms with Crippen molar-refractivity contribution in [1.82, 2.24) is 14.5 Å². The number of hydrogen-bond acceptors (Lipinski definition) is 5. The molecule has 0 saturated carbocycles. The minimum absolute atomic E-state index is 0.195. The zero-order valence-electron chi connectivity index (χ0n) is 16.1. The van der Waals surface area contributed by atoms with E-state index in [4.69, 9.17) is 4.98 Å². The molecule has 0 radical (unpaired) electrons. The summed E-state index contributed by atoms with van der Waals surface area (Å²) in [7, 11) is 0. The highest BCUT2D eigenvalue weighted by Gasteiger charge is 2.24. The maximum absolute atomic E-state index is 13.4. The van der Waals surface area contributed by atoms with Crippen LogP contribution in [0.3, 0.4) is 0 Å². The van der Waals surface area contributed by atoms with Gasteiger partial charge in [0.05, 0.1) is 18.7 Å². The fourth-order valence-electron chi connectivity index (χ4n) is 4.08. The number of piperazine rings is 1. The summed E-state index contributed by atoms with van der Waals surface area (Å²) in [6, 6.07) is 15.1. The summed E-state index contributed by atoms with van der Waals surface area (Å²) in [5.74, 6) is 0.760. The molecule has 5 nitrogen and oxygen atoms in total. The summed E-state index contributed by atoms with van der Waals surface area (Å²) in [6.07, 6.45) is 0. The van der Waals surface area contributed by atoms with Crippen molar-refractivity contribution >= 4 is 37.7 Å². The highest BCUT2D eigenvalue weighted by atomic mass is 32.1. The maximum atomic E-state index is 13.4. The van der Waals surface area contributed by atoms with Crippen molar-refractivity contribution in [3.63, 3.8) is 0 Å². The lowest BCUT2D eigenvalue weighted by Gasteiger charge is -2.35. The molecule has 0 atom stereocenters. The highest BCUT2D eigenvalue weighted by Crippen LogP contribution is 2.37. The van der Waals surface area contributed by atoms with E-state index in [2.05, 4.69) is 38.6 Å². The van der Waals surface area contributed by atoms with Gasteiger partial charge in [0.15, 0.2) is 0 Å². The fourth-order valence-corrected chi connectivity index (χ4v) is 5.16. The standard InChI is InChI=1S/C22H23FN4OS/c23-17-7-5-16(6-8-17)15-27-20-18-3-1-2-4-19(18)29-21(20)24-22(27)26-11-9-25(10-12-26)13-14-28/h1-8,28H,9-15H2. The Morgan fingerprint density at radius 1 is 1.00 bits per heavy atom. The van der Waals surface area contributed by atoms with Gasteiger partial charge in [0, 0.05) is 42.8 Å². The zero-order chi connectivity index (χ0) is 19.8. The van der Waals surface area contributed by atoms with Gasteiger partial charge in [-0.2, -0.15) is 0 Å². The first kappa shape index (κ1) is 18.5. The SMILES string of the molecule is OCCN1CCN(c2nc3sc4ccccc4c3n2Cc2ccc(F)cc2)CC1. The van der Waals surface area contributed by atoms with Crippen LogP contribution >= 0.6 is 11.3 Å². The van der Waals surface area contributed by atoms with E-state index in [1.165, 1.54) is 22.2 Å². The molecule has 1 aliphatic heterocycles. The Balaban J connectivity index is 1.57. The molecule has 1 aliphatic rings. The molecule has 0 bridgehead atoms. The van der Waals surface area contributed by atoms with Gasteiger partial charge in [-0.15, -0.1) is 11.3 Å². The number of rotatable bonds is 5. The van der Waals surface area contributed by atoms with Gasteiger partial charge < -0.3 is 14.6 Å². The number of imidazole rings is 1. The van der Waals surface area contributed by atoms with Crippen LogP contribution < -0.4 is 4.90 Å². The molecule has 1 N–H and O–H groups in total. The van der Waals surface area contributed by atoms with Gasteiger partial charge in [-0.3, -0.25) is 4.90 Å². The lowest BCUT2D eigenvalue weighted by molar-refractivity contribution is 0.188. The van der Waals surface area contributed by atoms with Crippen LogP contribution in [-0.4, -0.2) is 58.9 Å². The van der Waals surface area contributed by atoms with Gasteiger partial charge in [-0.05, 0) is 23.8 Å². The van der Waals surface area contributed by atoms with Crippen LogP contribution in [0.25, 0.3) is 20.4 Å². The molecule has 4 aromatic rings. The number of aliphatic hydroxyl groups excluding tert-OH is 1. The molecule has 1 fully saturated rings. The van der Waals surface area contributed by atoms with E-state index in [1.807, 2.05) is 12.1 Å². The van der Waals surface area contributed by atoms with Crippen LogP contribution in [0.2, 0.25) is 0 Å². The summed E-state index contributed by atoms with van der Waals surface area (Å²) in [5, 5.41) is 10.4. The average Bonchev–Trinajstić information content (AvgIpc) is 3.27. The third-order valence-corrected chi connectivity index (χ3v) is 6.64. The smallest absolute Gasteiger partial charge is 0.207 e. The van der Waals surface area contributed by atoms with E-state index < -0.39 is 0 Å². The monoisotopic (exact) mass is 410 g/mol. The minimum Gasteiger partial charge on any atom is -0.395 e. The molecule has 5 rings (SSSR count). The van der Waals surface area contributed by atoms with Gasteiger partial charge in [0.25, 0.3) is 0 Å². The number of thiophene rings is 1. The van der Waals surface area contributed by atoms with E-state index >= 15 is 0 Å². The average molecular weight is 411 g/mol. The molecule has 0 aliphatic carbocycles. The third-order valence-electron chi connectivity index (χ3n) is 5.59. The predicted molar refractivity (Wildman–Crippen MR) is 116 cm³/mol. The summed E-state index contributed by atoms with van der Waals surface area (Å²) in [6.45, 7) is 5.16. The molecule has 0 unspecified atom stereocenters. The number of halogens is 1. The fraction of sp³-hybridized carbons (Fsp3) is 0.318. The van der Waals surface area contributed by atoms with Crippen LogP contribution in [0.4, 0.5) is 10.3 Å². The van der Waals surface area contributed by atoms with Crippen LogP contribution in [0.5, 0.6) is 0 Å². The number of β-amino-alcohol motifs (C(OH)–C–C–N with tert-alkyl or cyclic N) is 1. The summed E-state index contributed by atoms with van der Waals surface area (Å²) in [4.78, 5) is 10.7. The van der Waals surface area contributed by atoms with E-state index in [9.17, 15) is 9.50 Å². The Hall–Kier alpha value is -2.48. The van der Waals surface area contributed by atoms with Gasteiger partial charge in [-0.25, -0.2) is 9.37 Å². The lowest BCUT2D eigenvalue weighted by atomic mass is 10.2. The van der Waals surface area contributed by atoms with Crippen molar-refractivity contribution < 1.29 is 9.50 Å². The van der Waals surface area contributed by atoms with Crippen molar-refractivity contribution in [2.45, 2.75) is 6.54 Å². The molecule has 7 heteroatoms. The van der Waals surface area contributed by atoms with Crippen molar-refractivity contribution in [2.24, 2.45) is 0 Å². The summed E-state index contributed by atoms with van der Waals surface area (Å²) in [5.41, 5.74) is 2.21. The number of hydrogen-bond donors (Lipinski definition) is 1. The predicted octanol–water partition coefficient (Wildman–Crippen LogP) is 3.55. The first-order valence-electron chi connectivity index (χ1n) is 9.93. The van der Waals surface area contributed by atoms with Gasteiger partial charge in [0.2, 0.25) is 5.95 Å². The number of aromatic nitrogens is 2. The Bertz CT molecular complexity index is 1130. The maximum Gasteiger partial charge on any atom is 0.207 e. The van der Waals surface area contributed by atoms with Crippen molar-refractivity contribution in [3.05, 3.63) is 59.9 Å². The van der Waals surface area contributed by atoms with Crippen molar-refractivity contribution in [1.29, 1.82) is 0 Å².